The van der Waals surface area contributed by atoms with Crippen LogP contribution in [0, 0.1) is 5.41 Å². The highest BCUT2D eigenvalue weighted by atomic mass is 16.5. The molecule has 0 aliphatic heterocycles. The third-order valence-electron chi connectivity index (χ3n) is 2.14. The third kappa shape index (κ3) is 6.11. The Morgan fingerprint density at radius 3 is 2.21 bits per heavy atom. The molecule has 0 aliphatic carbocycles. The first kappa shape index (κ1) is 13.6. The molecule has 3 nitrogen and oxygen atoms in total. The van der Waals surface area contributed by atoms with Crippen LogP contribution in [0.25, 0.3) is 0 Å². The molecule has 0 saturated carbocycles. The van der Waals surface area contributed by atoms with Gasteiger partial charge in [0.1, 0.15) is 6.61 Å². The van der Waals surface area contributed by atoms with Gasteiger partial charge in [0.05, 0.1) is 6.10 Å². The number of Topliss-reactive ketones (excluding diaryl/α,β-unsaturated/α-hetero) is 1. The van der Waals surface area contributed by atoms with E-state index in [2.05, 4.69) is 0 Å². The molecule has 0 spiro atoms. The minimum absolute atomic E-state index is 0.0203. The molecule has 0 heterocycles. The molecule has 0 aliphatic rings. The summed E-state index contributed by atoms with van der Waals surface area (Å²) in [4.78, 5) is 11.4. The molecule has 0 rings (SSSR count). The molecule has 1 unspecified atom stereocenters. The van der Waals surface area contributed by atoms with Crippen molar-refractivity contribution in [2.75, 3.05) is 6.61 Å². The highest BCUT2D eigenvalue weighted by molar-refractivity contribution is 5.80. The van der Waals surface area contributed by atoms with Gasteiger partial charge in [0.15, 0.2) is 5.78 Å². The van der Waals surface area contributed by atoms with Gasteiger partial charge in [-0.3, -0.25) is 4.79 Å². The number of ketones is 1. The molecule has 0 aromatic carbocycles. The molecule has 0 aromatic rings. The Kier molecular flexibility index (Phi) is 5.31. The van der Waals surface area contributed by atoms with E-state index in [1.54, 1.807) is 0 Å². The van der Waals surface area contributed by atoms with E-state index >= 15 is 0 Å². The van der Waals surface area contributed by atoms with E-state index < -0.39 is 0 Å². The van der Waals surface area contributed by atoms with Gasteiger partial charge in [0, 0.05) is 12.5 Å². The second-order valence-electron chi connectivity index (χ2n) is 5.08. The van der Waals surface area contributed by atoms with Crippen LogP contribution in [0.1, 0.15) is 41.0 Å². The smallest absolute Gasteiger partial charge is 0.160 e. The van der Waals surface area contributed by atoms with Gasteiger partial charge in [-0.05, 0) is 19.3 Å². The number of hydrogen-bond acceptors (Lipinski definition) is 3. The van der Waals surface area contributed by atoms with E-state index in [0.717, 1.165) is 0 Å². The van der Waals surface area contributed by atoms with Crippen molar-refractivity contribution in [3.63, 3.8) is 0 Å². The fourth-order valence-electron chi connectivity index (χ4n) is 0.870. The fourth-order valence-corrected chi connectivity index (χ4v) is 0.870. The maximum Gasteiger partial charge on any atom is 0.160 e. The Hall–Kier alpha value is -0.410. The Labute approximate surface area is 87.0 Å². The molecular formula is C11H23NO2. The number of ether oxygens (including phenoxy) is 1. The van der Waals surface area contributed by atoms with Gasteiger partial charge >= 0.3 is 0 Å². The normalized spacial score (nSPS) is 14.5. The molecule has 0 bridgehead atoms. The molecule has 0 fully saturated rings. The van der Waals surface area contributed by atoms with Crippen LogP contribution in [0.3, 0.4) is 0 Å². The molecular weight excluding hydrogens is 178 g/mol. The largest absolute Gasteiger partial charge is 0.371 e. The van der Waals surface area contributed by atoms with Gasteiger partial charge < -0.3 is 10.5 Å². The zero-order chi connectivity index (χ0) is 11.4. The van der Waals surface area contributed by atoms with Crippen molar-refractivity contribution in [2.45, 2.75) is 53.2 Å². The monoisotopic (exact) mass is 201 g/mol. The van der Waals surface area contributed by atoms with Gasteiger partial charge in [-0.25, -0.2) is 0 Å². The predicted octanol–water partition coefficient (Wildman–Crippen LogP) is 1.74. The van der Waals surface area contributed by atoms with Crippen molar-refractivity contribution in [1.29, 1.82) is 0 Å². The van der Waals surface area contributed by atoms with Crippen LogP contribution in [-0.4, -0.2) is 24.5 Å². The number of nitrogens with two attached hydrogens (primary N) is 1. The average Bonchev–Trinajstić information content (AvgIpc) is 1.99. The lowest BCUT2D eigenvalue weighted by atomic mass is 9.84. The summed E-state index contributed by atoms with van der Waals surface area (Å²) in [6.07, 6.45) is 0.501. The van der Waals surface area contributed by atoms with Crippen molar-refractivity contribution in [2.24, 2.45) is 11.1 Å². The van der Waals surface area contributed by atoms with Crippen molar-refractivity contribution in [1.82, 2.24) is 0 Å². The molecule has 2 N–H and O–H groups in total. The molecule has 84 valence electrons. The van der Waals surface area contributed by atoms with Crippen molar-refractivity contribution in [3.05, 3.63) is 0 Å². The van der Waals surface area contributed by atoms with Crippen molar-refractivity contribution >= 4 is 5.78 Å². The maximum absolute atomic E-state index is 11.4. The van der Waals surface area contributed by atoms with E-state index in [9.17, 15) is 4.79 Å². The van der Waals surface area contributed by atoms with Gasteiger partial charge in [-0.2, -0.15) is 0 Å². The zero-order valence-electron chi connectivity index (χ0n) is 9.96. The summed E-state index contributed by atoms with van der Waals surface area (Å²) in [6.45, 7) is 10.1. The molecule has 0 radical (unpaired) electrons. The van der Waals surface area contributed by atoms with E-state index in [-0.39, 0.29) is 30.0 Å². The first-order valence-electron chi connectivity index (χ1n) is 5.12. The zero-order valence-corrected chi connectivity index (χ0v) is 9.96. The number of hydrogen-bond donors (Lipinski definition) is 1. The van der Waals surface area contributed by atoms with Crippen LogP contribution < -0.4 is 5.73 Å². The second kappa shape index (κ2) is 5.47. The molecule has 0 aromatic heterocycles. The summed E-state index contributed by atoms with van der Waals surface area (Å²) in [6, 6.07) is -0.0919. The van der Waals surface area contributed by atoms with Crippen LogP contribution in [-0.2, 0) is 9.53 Å². The lowest BCUT2D eigenvalue weighted by molar-refractivity contribution is -0.125. The van der Waals surface area contributed by atoms with E-state index in [4.69, 9.17) is 10.5 Å². The molecule has 1 atom stereocenters. The SMILES string of the molecule is CC(C)OCC(=O)CC(N)C(C)(C)C. The Bertz CT molecular complexity index is 182. The fraction of sp³-hybridized carbons (Fsp3) is 0.909. The highest BCUT2D eigenvalue weighted by Crippen LogP contribution is 2.19. The van der Waals surface area contributed by atoms with Crippen LogP contribution >= 0.6 is 0 Å². The van der Waals surface area contributed by atoms with Crippen LogP contribution in [0.5, 0.6) is 0 Å². The van der Waals surface area contributed by atoms with E-state index in [1.165, 1.54) is 0 Å². The third-order valence-corrected chi connectivity index (χ3v) is 2.14. The molecule has 0 amide bonds. The number of rotatable bonds is 5. The van der Waals surface area contributed by atoms with Gasteiger partial charge in [-0.15, -0.1) is 0 Å². The predicted molar refractivity (Wildman–Crippen MR) is 58.1 cm³/mol. The topological polar surface area (TPSA) is 52.3 Å². The molecule has 0 saturated heterocycles. The Morgan fingerprint density at radius 2 is 1.86 bits per heavy atom. The van der Waals surface area contributed by atoms with Crippen molar-refractivity contribution < 1.29 is 9.53 Å². The lowest BCUT2D eigenvalue weighted by Gasteiger charge is -2.26. The van der Waals surface area contributed by atoms with Crippen molar-refractivity contribution in [3.8, 4) is 0 Å². The first-order valence-corrected chi connectivity index (χ1v) is 5.12. The number of carbonyl (C=O) groups is 1. The van der Waals surface area contributed by atoms with E-state index in [0.29, 0.717) is 6.42 Å². The highest BCUT2D eigenvalue weighted by Gasteiger charge is 2.23. The summed E-state index contributed by atoms with van der Waals surface area (Å²) >= 11 is 0. The minimum Gasteiger partial charge on any atom is -0.371 e. The standard InChI is InChI=1S/C11H23NO2/c1-8(2)14-7-9(13)6-10(12)11(3,4)5/h8,10H,6-7,12H2,1-5H3. The minimum atomic E-state index is -0.0919. The Morgan fingerprint density at radius 1 is 1.36 bits per heavy atom. The van der Waals surface area contributed by atoms with E-state index in [1.807, 2.05) is 34.6 Å². The quantitative estimate of drug-likeness (QED) is 0.737. The summed E-state index contributed by atoms with van der Waals surface area (Å²) in [5, 5.41) is 0. The summed E-state index contributed by atoms with van der Waals surface area (Å²) < 4.78 is 5.21. The summed E-state index contributed by atoms with van der Waals surface area (Å²) in [5.41, 5.74) is 5.86. The first-order chi connectivity index (χ1) is 6.23. The van der Waals surface area contributed by atoms with Crippen LogP contribution in [0.2, 0.25) is 0 Å². The number of carbonyl (C=O) groups excluding carboxylic acids is 1. The summed E-state index contributed by atoms with van der Waals surface area (Å²) in [5.74, 6) is 0.0844. The van der Waals surface area contributed by atoms with Crippen LogP contribution in [0.15, 0.2) is 0 Å². The average molecular weight is 201 g/mol. The Balaban J connectivity index is 3.84. The summed E-state index contributed by atoms with van der Waals surface area (Å²) in [7, 11) is 0. The van der Waals surface area contributed by atoms with Gasteiger partial charge in [0.25, 0.3) is 0 Å². The van der Waals surface area contributed by atoms with Crippen LogP contribution in [0.4, 0.5) is 0 Å². The van der Waals surface area contributed by atoms with Gasteiger partial charge in [-0.1, -0.05) is 20.8 Å². The molecule has 3 heteroatoms. The molecule has 14 heavy (non-hydrogen) atoms. The lowest BCUT2D eigenvalue weighted by Crippen LogP contribution is -2.37. The maximum atomic E-state index is 11.4. The second-order valence-corrected chi connectivity index (χ2v) is 5.08. The van der Waals surface area contributed by atoms with Gasteiger partial charge in [0.2, 0.25) is 0 Å².